The zero-order valence-electron chi connectivity index (χ0n) is 22.0. The van der Waals surface area contributed by atoms with E-state index in [-0.39, 0.29) is 34.6 Å². The van der Waals surface area contributed by atoms with Gasteiger partial charge in [-0.1, -0.05) is 24.3 Å². The van der Waals surface area contributed by atoms with E-state index >= 15 is 0 Å². The van der Waals surface area contributed by atoms with Crippen LogP contribution in [0.5, 0.6) is 11.5 Å². The molecule has 5 fully saturated rings. The molecule has 3 N–H and O–H groups in total. The number of methoxy groups -OCH3 is 1. The molecule has 2 aliphatic heterocycles. The number of amides is 2. The van der Waals surface area contributed by atoms with Gasteiger partial charge in [0.05, 0.1) is 0 Å². The van der Waals surface area contributed by atoms with Crippen LogP contribution in [0, 0.1) is 17.3 Å². The molecule has 6 atom stereocenters. The van der Waals surface area contributed by atoms with Crippen molar-refractivity contribution in [3.05, 3.63) is 53.6 Å². The Labute approximate surface area is 223 Å². The van der Waals surface area contributed by atoms with Crippen molar-refractivity contribution < 1.29 is 19.4 Å². The van der Waals surface area contributed by atoms with Gasteiger partial charge in [0.2, 0.25) is 0 Å². The highest BCUT2D eigenvalue weighted by atomic mass is 16.6. The Balaban J connectivity index is 1.18. The highest BCUT2D eigenvalue weighted by Gasteiger charge is 2.80. The number of phenols is 1. The molecule has 4 saturated carbocycles. The van der Waals surface area contributed by atoms with Crippen molar-refractivity contribution in [3.8, 4) is 11.5 Å². The lowest BCUT2D eigenvalue weighted by atomic mass is 9.35. The molecule has 5 aliphatic carbocycles. The third-order valence-corrected chi connectivity index (χ3v) is 11.3. The lowest BCUT2D eigenvalue weighted by molar-refractivity contribution is -0.275. The van der Waals surface area contributed by atoms with E-state index in [2.05, 4.69) is 21.6 Å². The number of piperidine rings is 1. The average molecular weight is 516 g/mol. The van der Waals surface area contributed by atoms with Gasteiger partial charge in [-0.05, 0) is 81.2 Å². The Hall–Kier alpha value is -2.77. The Kier molecular flexibility index (Phi) is 4.80. The first kappa shape index (κ1) is 23.1. The smallest absolute Gasteiger partial charge is 0.319 e. The Morgan fingerprint density at radius 1 is 1.16 bits per heavy atom. The first-order valence-electron chi connectivity index (χ1n) is 14.4. The van der Waals surface area contributed by atoms with Crippen molar-refractivity contribution in [1.29, 1.82) is 0 Å². The summed E-state index contributed by atoms with van der Waals surface area (Å²) in [6.45, 7) is 2.82. The molecule has 2 amide bonds. The third kappa shape index (κ3) is 2.84. The summed E-state index contributed by atoms with van der Waals surface area (Å²) in [5.41, 5.74) is 2.82. The van der Waals surface area contributed by atoms with E-state index in [9.17, 15) is 9.90 Å². The second-order valence-electron chi connectivity index (χ2n) is 12.7. The van der Waals surface area contributed by atoms with Gasteiger partial charge in [-0.15, -0.1) is 0 Å². The second-order valence-corrected chi connectivity index (χ2v) is 12.7. The summed E-state index contributed by atoms with van der Waals surface area (Å²) in [4.78, 5) is 15.7. The van der Waals surface area contributed by atoms with Gasteiger partial charge in [-0.3, -0.25) is 4.90 Å². The fourth-order valence-electron chi connectivity index (χ4n) is 9.70. The number of urea groups is 1. The molecule has 38 heavy (non-hydrogen) atoms. The second kappa shape index (κ2) is 7.89. The van der Waals surface area contributed by atoms with Crippen molar-refractivity contribution in [2.45, 2.75) is 68.1 Å². The maximum Gasteiger partial charge on any atom is 0.319 e. The lowest BCUT2D eigenvalue weighted by Crippen LogP contribution is -2.81. The molecule has 4 bridgehead atoms. The summed E-state index contributed by atoms with van der Waals surface area (Å²) in [7, 11) is 1.82. The van der Waals surface area contributed by atoms with Crippen LogP contribution in [0.3, 0.4) is 0 Å². The van der Waals surface area contributed by atoms with Crippen LogP contribution < -0.4 is 15.4 Å². The molecule has 9 rings (SSSR count). The number of hydrogen-bond acceptors (Lipinski definition) is 5. The highest BCUT2D eigenvalue weighted by Crippen LogP contribution is 2.76. The molecule has 7 nitrogen and oxygen atoms in total. The SMILES string of the molecule is COC12CC[C@@]3(C[C@@H]1CNC(=O)Nc1ccccc1)[C@H]1Cc4ccc(O)c5c4[C@@]3(CCN1CC1CC1)C2O5. The van der Waals surface area contributed by atoms with Crippen molar-refractivity contribution in [1.82, 2.24) is 10.2 Å². The Morgan fingerprint density at radius 3 is 2.79 bits per heavy atom. The number of para-hydroxylation sites is 1. The minimum Gasteiger partial charge on any atom is -0.504 e. The Morgan fingerprint density at radius 2 is 2.00 bits per heavy atom. The van der Waals surface area contributed by atoms with Gasteiger partial charge in [0.25, 0.3) is 0 Å². The number of carbonyl (C=O) groups is 1. The van der Waals surface area contributed by atoms with E-state index in [1.165, 1.54) is 30.5 Å². The number of hydrogen-bond donors (Lipinski definition) is 3. The number of fused-ring (bicyclic) bond motifs is 2. The number of benzene rings is 2. The van der Waals surface area contributed by atoms with Gasteiger partial charge < -0.3 is 25.2 Å². The largest absolute Gasteiger partial charge is 0.504 e. The van der Waals surface area contributed by atoms with Crippen LogP contribution in [0.2, 0.25) is 0 Å². The number of nitrogens with one attached hydrogen (secondary N) is 2. The summed E-state index contributed by atoms with van der Waals surface area (Å²) < 4.78 is 13.4. The van der Waals surface area contributed by atoms with Crippen LogP contribution in [0.4, 0.5) is 10.5 Å². The van der Waals surface area contributed by atoms with Crippen LogP contribution in [-0.2, 0) is 16.6 Å². The van der Waals surface area contributed by atoms with Crippen molar-refractivity contribution in [3.63, 3.8) is 0 Å². The van der Waals surface area contributed by atoms with Gasteiger partial charge in [-0.2, -0.15) is 0 Å². The maximum atomic E-state index is 12.9. The summed E-state index contributed by atoms with van der Waals surface area (Å²) in [5, 5.41) is 17.1. The number of rotatable bonds is 6. The lowest BCUT2D eigenvalue weighted by Gasteiger charge is -2.74. The molecule has 1 saturated heterocycles. The zero-order valence-corrected chi connectivity index (χ0v) is 22.0. The molecule has 7 heteroatoms. The number of nitrogens with zero attached hydrogens (tertiary/aromatic N) is 1. The molecule has 0 aromatic heterocycles. The summed E-state index contributed by atoms with van der Waals surface area (Å²) in [6, 6.07) is 13.8. The monoisotopic (exact) mass is 515 g/mol. The van der Waals surface area contributed by atoms with Crippen LogP contribution >= 0.6 is 0 Å². The molecule has 200 valence electrons. The van der Waals surface area contributed by atoms with E-state index in [1.807, 2.05) is 43.5 Å². The van der Waals surface area contributed by atoms with Crippen molar-refractivity contribution >= 4 is 11.7 Å². The predicted octanol–water partition coefficient (Wildman–Crippen LogP) is 4.44. The number of ether oxygens (including phenoxy) is 2. The molecule has 7 aliphatic rings. The number of anilines is 1. The number of aromatic hydroxyl groups is 1. The minimum atomic E-state index is -0.509. The molecule has 0 radical (unpaired) electrons. The summed E-state index contributed by atoms with van der Waals surface area (Å²) >= 11 is 0. The average Bonchev–Trinajstić information content (AvgIpc) is 3.67. The van der Waals surface area contributed by atoms with E-state index < -0.39 is 5.60 Å². The quantitative estimate of drug-likeness (QED) is 0.530. The first-order valence-corrected chi connectivity index (χ1v) is 14.4. The molecule has 2 aromatic carbocycles. The fraction of sp³-hybridized carbons (Fsp3) is 0.581. The molecular weight excluding hydrogens is 478 g/mol. The van der Waals surface area contributed by atoms with Crippen LogP contribution in [0.25, 0.3) is 0 Å². The van der Waals surface area contributed by atoms with Gasteiger partial charge in [-0.25, -0.2) is 4.79 Å². The van der Waals surface area contributed by atoms with Crippen molar-refractivity contribution in [2.24, 2.45) is 17.3 Å². The van der Waals surface area contributed by atoms with Gasteiger partial charge >= 0.3 is 6.03 Å². The standard InChI is InChI=1S/C31H37N3O4/c1-37-31-12-11-29(16-21(31)17-32-28(36)33-22-5-3-2-4-6-22)24-15-20-9-10-23(35)26-25(20)30(29,27(31)38-26)13-14-34(24)18-19-7-8-19/h2-6,9-10,19,21,24,27,35H,7-8,11-18H2,1H3,(H2,32,33,36)/t21-,24-,27?,29-,30+,31?/m1/s1. The normalized spacial score (nSPS) is 37.9. The molecular formula is C31H37N3O4. The van der Waals surface area contributed by atoms with E-state index in [0.717, 1.165) is 50.3 Å². The Bertz CT molecular complexity index is 1300. The van der Waals surface area contributed by atoms with Crippen molar-refractivity contribution in [2.75, 3.05) is 32.1 Å². The van der Waals surface area contributed by atoms with Crippen LogP contribution in [-0.4, -0.2) is 60.5 Å². The molecule has 2 unspecified atom stereocenters. The van der Waals surface area contributed by atoms with E-state index in [1.54, 1.807) is 0 Å². The van der Waals surface area contributed by atoms with E-state index in [0.29, 0.717) is 18.3 Å². The first-order chi connectivity index (χ1) is 18.5. The fourth-order valence-corrected chi connectivity index (χ4v) is 9.70. The number of phenolic OH excluding ortho intramolecular Hbond substituents is 1. The number of likely N-dealkylation sites (tertiary alicyclic amines) is 1. The highest BCUT2D eigenvalue weighted by molar-refractivity contribution is 5.89. The van der Waals surface area contributed by atoms with Crippen LogP contribution in [0.15, 0.2) is 42.5 Å². The van der Waals surface area contributed by atoms with Gasteiger partial charge in [0.1, 0.15) is 11.7 Å². The third-order valence-electron chi connectivity index (χ3n) is 11.3. The zero-order chi connectivity index (χ0) is 25.7. The topological polar surface area (TPSA) is 83.1 Å². The molecule has 2 spiro atoms. The maximum absolute atomic E-state index is 12.9. The minimum absolute atomic E-state index is 0.0549. The summed E-state index contributed by atoms with van der Waals surface area (Å²) in [5.74, 6) is 1.92. The van der Waals surface area contributed by atoms with Crippen LogP contribution in [0.1, 0.15) is 49.7 Å². The van der Waals surface area contributed by atoms with E-state index in [4.69, 9.17) is 9.47 Å². The van der Waals surface area contributed by atoms with Gasteiger partial charge in [0, 0.05) is 54.2 Å². The van der Waals surface area contributed by atoms with Gasteiger partial charge in [0.15, 0.2) is 11.5 Å². The molecule has 2 heterocycles. The summed E-state index contributed by atoms with van der Waals surface area (Å²) in [6.07, 6.45) is 7.65. The number of carbonyl (C=O) groups excluding carboxylic acids is 1. The molecule has 2 aromatic rings. The predicted molar refractivity (Wildman–Crippen MR) is 144 cm³/mol.